The van der Waals surface area contributed by atoms with E-state index < -0.39 is 0 Å². The minimum Gasteiger partial charge on any atom is -0.504 e. The van der Waals surface area contributed by atoms with Crippen molar-refractivity contribution in [2.75, 3.05) is 13.7 Å². The van der Waals surface area contributed by atoms with Crippen LogP contribution in [0.3, 0.4) is 0 Å². The number of phenols is 1. The number of rotatable bonds is 3. The fraction of sp³-hybridized carbons (Fsp3) is 0.500. The summed E-state index contributed by atoms with van der Waals surface area (Å²) in [5.41, 5.74) is 3.88. The van der Waals surface area contributed by atoms with Gasteiger partial charge in [0.05, 0.1) is 7.11 Å². The molecule has 126 valence electrons. The highest BCUT2D eigenvalue weighted by molar-refractivity contribution is 5.49. The van der Waals surface area contributed by atoms with Gasteiger partial charge < -0.3 is 14.3 Å². The largest absolute Gasteiger partial charge is 0.504 e. The summed E-state index contributed by atoms with van der Waals surface area (Å²) >= 11 is 0. The van der Waals surface area contributed by atoms with Crippen LogP contribution in [0.25, 0.3) is 0 Å². The summed E-state index contributed by atoms with van der Waals surface area (Å²) in [6.45, 7) is 2.01. The van der Waals surface area contributed by atoms with Crippen LogP contribution in [0.4, 0.5) is 0 Å². The van der Waals surface area contributed by atoms with Crippen LogP contribution in [0.5, 0.6) is 11.5 Å². The van der Waals surface area contributed by atoms with Gasteiger partial charge in [-0.2, -0.15) is 0 Å². The van der Waals surface area contributed by atoms with E-state index in [1.165, 1.54) is 35.3 Å². The van der Waals surface area contributed by atoms with E-state index in [2.05, 4.69) is 11.0 Å². The van der Waals surface area contributed by atoms with Crippen LogP contribution in [0.15, 0.2) is 22.6 Å². The lowest BCUT2D eigenvalue weighted by Crippen LogP contribution is -2.38. The van der Waals surface area contributed by atoms with Crippen LogP contribution in [-0.2, 0) is 25.8 Å². The van der Waals surface area contributed by atoms with Gasteiger partial charge in [0.25, 0.3) is 0 Å². The summed E-state index contributed by atoms with van der Waals surface area (Å²) < 4.78 is 11.4. The Labute approximate surface area is 142 Å². The number of nitrogens with zero attached hydrogens (tertiary/aromatic N) is 1. The summed E-state index contributed by atoms with van der Waals surface area (Å²) in [5.74, 6) is 3.97. The smallest absolute Gasteiger partial charge is 0.160 e. The van der Waals surface area contributed by atoms with Crippen molar-refractivity contribution in [3.8, 4) is 11.5 Å². The molecule has 0 amide bonds. The topological polar surface area (TPSA) is 45.8 Å². The molecule has 1 aromatic heterocycles. The lowest BCUT2D eigenvalue weighted by Gasteiger charge is -2.40. The molecule has 0 bridgehead atoms. The first-order valence-electron chi connectivity index (χ1n) is 8.95. The summed E-state index contributed by atoms with van der Waals surface area (Å²) in [6.07, 6.45) is 5.72. The zero-order chi connectivity index (χ0) is 16.3. The van der Waals surface area contributed by atoms with E-state index >= 15 is 0 Å². The highest BCUT2D eigenvalue weighted by Crippen LogP contribution is 2.43. The van der Waals surface area contributed by atoms with E-state index in [0.717, 1.165) is 44.0 Å². The SMILES string of the molecule is COc1cc2c(cc1O)C1Cc3oc(CC4CC4)cc3CN1CC2. The molecule has 0 radical (unpaired) electrons. The van der Waals surface area contributed by atoms with Crippen molar-refractivity contribution in [2.24, 2.45) is 5.92 Å². The standard InChI is InChI=1S/C20H23NO3/c1-23-20-8-13-4-5-21-11-14-7-15(6-12-2-3-12)24-19(14)10-17(21)16(13)9-18(20)22/h7-9,12,17,22H,2-6,10-11H2,1H3. The zero-order valence-corrected chi connectivity index (χ0v) is 14.0. The van der Waals surface area contributed by atoms with E-state index in [-0.39, 0.29) is 5.75 Å². The van der Waals surface area contributed by atoms with E-state index in [1.54, 1.807) is 7.11 Å². The van der Waals surface area contributed by atoms with Crippen molar-refractivity contribution >= 4 is 0 Å². The number of phenolic OH excluding ortho intramolecular Hbond substituents is 1. The van der Waals surface area contributed by atoms with Gasteiger partial charge >= 0.3 is 0 Å². The Balaban J connectivity index is 1.48. The first-order valence-corrected chi connectivity index (χ1v) is 8.95. The van der Waals surface area contributed by atoms with Gasteiger partial charge in [0.15, 0.2) is 11.5 Å². The third-order valence-electron chi connectivity index (χ3n) is 5.80. The maximum atomic E-state index is 10.2. The van der Waals surface area contributed by atoms with E-state index in [4.69, 9.17) is 9.15 Å². The van der Waals surface area contributed by atoms with E-state index in [0.29, 0.717) is 11.8 Å². The minimum atomic E-state index is 0.234. The molecule has 3 aliphatic rings. The van der Waals surface area contributed by atoms with Crippen LogP contribution < -0.4 is 4.74 Å². The van der Waals surface area contributed by atoms with Crippen LogP contribution in [0.2, 0.25) is 0 Å². The van der Waals surface area contributed by atoms with Gasteiger partial charge in [-0.25, -0.2) is 0 Å². The summed E-state index contributed by atoms with van der Waals surface area (Å²) in [5, 5.41) is 10.2. The minimum absolute atomic E-state index is 0.234. The summed E-state index contributed by atoms with van der Waals surface area (Å²) in [7, 11) is 1.60. The van der Waals surface area contributed by atoms with Crippen molar-refractivity contribution < 1.29 is 14.3 Å². The highest BCUT2D eigenvalue weighted by Gasteiger charge is 2.35. The second-order valence-electron chi connectivity index (χ2n) is 7.47. The van der Waals surface area contributed by atoms with Crippen LogP contribution in [-0.4, -0.2) is 23.7 Å². The second kappa shape index (κ2) is 5.28. The molecule has 2 aromatic rings. The molecule has 5 rings (SSSR count). The third-order valence-corrected chi connectivity index (χ3v) is 5.80. The second-order valence-corrected chi connectivity index (χ2v) is 7.47. The number of methoxy groups -OCH3 is 1. The van der Waals surface area contributed by atoms with Crippen molar-refractivity contribution in [1.82, 2.24) is 4.90 Å². The Kier molecular flexibility index (Phi) is 3.17. The van der Waals surface area contributed by atoms with Gasteiger partial charge in [-0.05, 0) is 54.5 Å². The number of hydrogen-bond acceptors (Lipinski definition) is 4. The third kappa shape index (κ3) is 2.32. The maximum Gasteiger partial charge on any atom is 0.160 e. The zero-order valence-electron chi connectivity index (χ0n) is 14.0. The fourth-order valence-electron chi connectivity index (χ4n) is 4.30. The summed E-state index contributed by atoms with van der Waals surface area (Å²) in [4.78, 5) is 2.52. The van der Waals surface area contributed by atoms with Crippen molar-refractivity contribution in [3.63, 3.8) is 0 Å². The Morgan fingerprint density at radius 3 is 2.92 bits per heavy atom. The Morgan fingerprint density at radius 2 is 2.12 bits per heavy atom. The number of fused-ring (bicyclic) bond motifs is 4. The maximum absolute atomic E-state index is 10.2. The number of hydrogen-bond donors (Lipinski definition) is 1. The van der Waals surface area contributed by atoms with E-state index in [1.807, 2.05) is 12.1 Å². The van der Waals surface area contributed by atoms with Gasteiger partial charge in [-0.15, -0.1) is 0 Å². The van der Waals surface area contributed by atoms with Gasteiger partial charge in [0.1, 0.15) is 11.5 Å². The predicted molar refractivity (Wildman–Crippen MR) is 90.4 cm³/mol. The Hall–Kier alpha value is -1.94. The van der Waals surface area contributed by atoms with Crippen molar-refractivity contribution in [2.45, 2.75) is 44.7 Å². The molecular formula is C20H23NO3. The Bertz CT molecular complexity index is 790. The normalized spacial score (nSPS) is 22.6. The molecule has 0 saturated heterocycles. The molecule has 24 heavy (non-hydrogen) atoms. The van der Waals surface area contributed by atoms with Gasteiger partial charge in [-0.3, -0.25) is 4.90 Å². The monoisotopic (exact) mass is 325 g/mol. The van der Waals surface area contributed by atoms with Crippen LogP contribution >= 0.6 is 0 Å². The number of aromatic hydroxyl groups is 1. The lowest BCUT2D eigenvalue weighted by atomic mass is 9.86. The van der Waals surface area contributed by atoms with Crippen LogP contribution in [0.1, 0.15) is 47.1 Å². The molecular weight excluding hydrogens is 302 g/mol. The molecule has 1 aliphatic carbocycles. The molecule has 1 N–H and O–H groups in total. The molecule has 1 unspecified atom stereocenters. The number of ether oxygens (including phenoxy) is 1. The average molecular weight is 325 g/mol. The summed E-state index contributed by atoms with van der Waals surface area (Å²) in [6, 6.07) is 6.48. The first kappa shape index (κ1) is 14.4. The highest BCUT2D eigenvalue weighted by atomic mass is 16.5. The molecule has 1 atom stereocenters. The van der Waals surface area contributed by atoms with Crippen LogP contribution in [0, 0.1) is 5.92 Å². The number of benzene rings is 1. The molecule has 4 nitrogen and oxygen atoms in total. The predicted octanol–water partition coefficient (Wildman–Crippen LogP) is 3.60. The molecule has 0 spiro atoms. The lowest BCUT2D eigenvalue weighted by molar-refractivity contribution is 0.150. The molecule has 3 heterocycles. The van der Waals surface area contributed by atoms with E-state index in [9.17, 15) is 5.11 Å². The first-order chi connectivity index (χ1) is 11.7. The molecule has 1 saturated carbocycles. The molecule has 1 fully saturated rings. The quantitative estimate of drug-likeness (QED) is 0.936. The Morgan fingerprint density at radius 1 is 1.25 bits per heavy atom. The van der Waals surface area contributed by atoms with Crippen molar-refractivity contribution in [3.05, 3.63) is 46.4 Å². The van der Waals surface area contributed by atoms with Crippen molar-refractivity contribution in [1.29, 1.82) is 0 Å². The van der Waals surface area contributed by atoms with Gasteiger partial charge in [0, 0.05) is 37.5 Å². The fourth-order valence-corrected chi connectivity index (χ4v) is 4.30. The molecule has 2 aliphatic heterocycles. The molecule has 1 aromatic carbocycles. The van der Waals surface area contributed by atoms with Gasteiger partial charge in [-0.1, -0.05) is 0 Å². The molecule has 4 heteroatoms. The van der Waals surface area contributed by atoms with Gasteiger partial charge in [0.2, 0.25) is 0 Å². The average Bonchev–Trinajstić information content (AvgIpc) is 3.30. The number of furan rings is 1.